The van der Waals surface area contributed by atoms with Crippen LogP contribution in [0, 0.1) is 5.92 Å². The number of aromatic nitrogens is 1. The summed E-state index contributed by atoms with van der Waals surface area (Å²) < 4.78 is 1.14. The minimum Gasteiger partial charge on any atom is -0.361 e. The second kappa shape index (κ2) is 5.94. The van der Waals surface area contributed by atoms with Crippen LogP contribution in [-0.4, -0.2) is 23.5 Å². The average molecular weight is 287 g/mol. The molecule has 0 bridgehead atoms. The third-order valence-electron chi connectivity index (χ3n) is 2.40. The van der Waals surface area contributed by atoms with Gasteiger partial charge < -0.3 is 5.32 Å². The monoisotopic (exact) mass is 286 g/mol. The van der Waals surface area contributed by atoms with Crippen LogP contribution in [0.15, 0.2) is 18.2 Å². The number of halogens is 1. The summed E-state index contributed by atoms with van der Waals surface area (Å²) in [6.07, 6.45) is 2.14. The first kappa shape index (κ1) is 13.0. The molecule has 0 radical (unpaired) electrons. The summed E-state index contributed by atoms with van der Waals surface area (Å²) in [4.78, 5) is 4.53. The molecule has 0 saturated carbocycles. The number of hydrogen-bond donors (Lipinski definition) is 1. The molecule has 17 heavy (non-hydrogen) atoms. The Balaban J connectivity index is 2.04. The van der Waals surface area contributed by atoms with E-state index in [4.69, 9.17) is 11.6 Å². The van der Waals surface area contributed by atoms with Crippen LogP contribution < -0.4 is 5.32 Å². The Hall–Kier alpha value is -0.450. The van der Waals surface area contributed by atoms with Crippen molar-refractivity contribution < 1.29 is 0 Å². The second-order valence-electron chi connectivity index (χ2n) is 4.07. The standard InChI is InChI=1S/C12H15ClN2S2/c1-8(7-16-2)6-14-12-15-10-4-3-9(13)5-11(10)17-12/h3-5,8H,6-7H2,1-2H3,(H,14,15). The van der Waals surface area contributed by atoms with E-state index in [-0.39, 0.29) is 0 Å². The Morgan fingerprint density at radius 1 is 1.53 bits per heavy atom. The van der Waals surface area contributed by atoms with Crippen molar-refractivity contribution in [1.82, 2.24) is 4.98 Å². The van der Waals surface area contributed by atoms with Crippen molar-refractivity contribution in [2.75, 3.05) is 23.9 Å². The van der Waals surface area contributed by atoms with Gasteiger partial charge in [-0.1, -0.05) is 29.9 Å². The van der Waals surface area contributed by atoms with Gasteiger partial charge in [0.05, 0.1) is 10.2 Å². The molecule has 0 aliphatic rings. The first-order valence-corrected chi connectivity index (χ1v) is 8.07. The molecular formula is C12H15ClN2S2. The average Bonchev–Trinajstić information content (AvgIpc) is 2.68. The predicted molar refractivity (Wildman–Crippen MR) is 80.7 cm³/mol. The molecule has 1 N–H and O–H groups in total. The first-order chi connectivity index (χ1) is 8.19. The van der Waals surface area contributed by atoms with Crippen molar-refractivity contribution in [1.29, 1.82) is 0 Å². The molecule has 1 aromatic carbocycles. The minimum atomic E-state index is 0.653. The summed E-state index contributed by atoms with van der Waals surface area (Å²) in [5, 5.41) is 5.14. The van der Waals surface area contributed by atoms with Crippen molar-refractivity contribution in [3.05, 3.63) is 23.2 Å². The molecular weight excluding hydrogens is 272 g/mol. The van der Waals surface area contributed by atoms with Crippen molar-refractivity contribution in [2.24, 2.45) is 5.92 Å². The molecule has 1 heterocycles. The van der Waals surface area contributed by atoms with E-state index >= 15 is 0 Å². The molecule has 92 valence electrons. The zero-order valence-electron chi connectivity index (χ0n) is 9.87. The smallest absolute Gasteiger partial charge is 0.183 e. The van der Waals surface area contributed by atoms with Gasteiger partial charge in [-0.25, -0.2) is 4.98 Å². The number of thiazole rings is 1. The van der Waals surface area contributed by atoms with Crippen LogP contribution in [0.3, 0.4) is 0 Å². The predicted octanol–water partition coefficient (Wildman–Crippen LogP) is 4.36. The summed E-state index contributed by atoms with van der Waals surface area (Å²) in [6.45, 7) is 3.21. The fourth-order valence-electron chi connectivity index (χ4n) is 1.58. The van der Waals surface area contributed by atoms with Gasteiger partial charge in [-0.05, 0) is 36.1 Å². The van der Waals surface area contributed by atoms with Crippen molar-refractivity contribution in [3.8, 4) is 0 Å². The molecule has 0 aliphatic carbocycles. The van der Waals surface area contributed by atoms with Crippen LogP contribution in [0.4, 0.5) is 5.13 Å². The fraction of sp³-hybridized carbons (Fsp3) is 0.417. The molecule has 1 aromatic heterocycles. The summed E-state index contributed by atoms with van der Waals surface area (Å²) in [5.74, 6) is 1.82. The highest BCUT2D eigenvalue weighted by Gasteiger charge is 2.06. The Morgan fingerprint density at radius 2 is 2.35 bits per heavy atom. The van der Waals surface area contributed by atoms with E-state index in [1.54, 1.807) is 11.3 Å². The van der Waals surface area contributed by atoms with E-state index in [1.165, 1.54) is 5.75 Å². The van der Waals surface area contributed by atoms with Crippen LogP contribution in [0.2, 0.25) is 5.02 Å². The lowest BCUT2D eigenvalue weighted by Gasteiger charge is -2.09. The van der Waals surface area contributed by atoms with E-state index < -0.39 is 0 Å². The topological polar surface area (TPSA) is 24.9 Å². The van der Waals surface area contributed by atoms with Crippen LogP contribution in [0.5, 0.6) is 0 Å². The van der Waals surface area contributed by atoms with Gasteiger partial charge in [-0.2, -0.15) is 11.8 Å². The molecule has 2 nitrogen and oxygen atoms in total. The molecule has 1 unspecified atom stereocenters. The first-order valence-electron chi connectivity index (χ1n) is 5.48. The van der Waals surface area contributed by atoms with Crippen molar-refractivity contribution in [2.45, 2.75) is 6.92 Å². The molecule has 0 amide bonds. The van der Waals surface area contributed by atoms with Crippen LogP contribution in [0.25, 0.3) is 10.2 Å². The lowest BCUT2D eigenvalue weighted by molar-refractivity contribution is 0.701. The lowest BCUT2D eigenvalue weighted by atomic mass is 10.2. The zero-order valence-corrected chi connectivity index (χ0v) is 12.3. The number of nitrogens with one attached hydrogen (secondary N) is 1. The summed E-state index contributed by atoms with van der Waals surface area (Å²) in [6, 6.07) is 5.81. The van der Waals surface area contributed by atoms with E-state index in [0.717, 1.165) is 26.9 Å². The normalized spacial score (nSPS) is 12.9. The fourth-order valence-corrected chi connectivity index (χ4v) is 3.41. The summed E-state index contributed by atoms with van der Waals surface area (Å²) in [5.41, 5.74) is 1.01. The van der Waals surface area contributed by atoms with E-state index in [9.17, 15) is 0 Å². The van der Waals surface area contributed by atoms with Crippen molar-refractivity contribution in [3.63, 3.8) is 0 Å². The third-order valence-corrected chi connectivity index (χ3v) is 4.52. The SMILES string of the molecule is CSCC(C)CNc1nc2ccc(Cl)cc2s1. The highest BCUT2D eigenvalue weighted by molar-refractivity contribution is 7.98. The molecule has 0 aliphatic heterocycles. The number of nitrogens with zero attached hydrogens (tertiary/aromatic N) is 1. The van der Waals surface area contributed by atoms with Gasteiger partial charge in [0.2, 0.25) is 0 Å². The summed E-state index contributed by atoms with van der Waals surface area (Å²) in [7, 11) is 0. The highest BCUT2D eigenvalue weighted by atomic mass is 35.5. The summed E-state index contributed by atoms with van der Waals surface area (Å²) >= 11 is 9.49. The van der Waals surface area contributed by atoms with Gasteiger partial charge in [-0.15, -0.1) is 0 Å². The second-order valence-corrected chi connectivity index (χ2v) is 6.45. The third kappa shape index (κ3) is 3.50. The maximum Gasteiger partial charge on any atom is 0.183 e. The molecule has 0 spiro atoms. The molecule has 0 saturated heterocycles. The van der Waals surface area contributed by atoms with Gasteiger partial charge in [-0.3, -0.25) is 0 Å². The number of fused-ring (bicyclic) bond motifs is 1. The number of anilines is 1. The van der Waals surface area contributed by atoms with Crippen LogP contribution in [-0.2, 0) is 0 Å². The zero-order chi connectivity index (χ0) is 12.3. The van der Waals surface area contributed by atoms with Gasteiger partial charge in [0.25, 0.3) is 0 Å². The number of rotatable bonds is 5. The van der Waals surface area contributed by atoms with E-state index in [2.05, 4.69) is 23.5 Å². The Bertz CT molecular complexity index is 498. The molecule has 0 fully saturated rings. The van der Waals surface area contributed by atoms with Crippen LogP contribution in [0.1, 0.15) is 6.92 Å². The van der Waals surface area contributed by atoms with E-state index in [0.29, 0.717) is 5.92 Å². The van der Waals surface area contributed by atoms with Gasteiger partial charge >= 0.3 is 0 Å². The van der Waals surface area contributed by atoms with Gasteiger partial charge in [0.15, 0.2) is 5.13 Å². The van der Waals surface area contributed by atoms with Gasteiger partial charge in [0, 0.05) is 11.6 Å². The Labute approximate surface area is 115 Å². The number of benzene rings is 1. The molecule has 2 aromatic rings. The highest BCUT2D eigenvalue weighted by Crippen LogP contribution is 2.28. The minimum absolute atomic E-state index is 0.653. The quantitative estimate of drug-likeness (QED) is 0.884. The maximum atomic E-state index is 5.95. The lowest BCUT2D eigenvalue weighted by Crippen LogP contribution is -2.12. The Kier molecular flexibility index (Phi) is 4.54. The largest absolute Gasteiger partial charge is 0.361 e. The molecule has 1 atom stereocenters. The van der Waals surface area contributed by atoms with Crippen LogP contribution >= 0.6 is 34.7 Å². The van der Waals surface area contributed by atoms with Crippen molar-refractivity contribution >= 4 is 50.0 Å². The molecule has 5 heteroatoms. The molecule has 2 rings (SSSR count). The van der Waals surface area contributed by atoms with Gasteiger partial charge in [0.1, 0.15) is 0 Å². The van der Waals surface area contributed by atoms with E-state index in [1.807, 2.05) is 30.0 Å². The Morgan fingerprint density at radius 3 is 3.12 bits per heavy atom. The maximum absolute atomic E-state index is 5.95. The number of thioether (sulfide) groups is 1. The number of hydrogen-bond acceptors (Lipinski definition) is 4.